The molecule has 4 nitrogen and oxygen atoms in total. The molecule has 3 rings (SSSR count). The van der Waals surface area contributed by atoms with Crippen LogP contribution in [0.15, 0.2) is 11.3 Å². The molecule has 1 heterocycles. The number of hydrogen-bond donors (Lipinski definition) is 0. The fraction of sp³-hybridized carbons (Fsp3) is 0.824. The fourth-order valence-electron chi connectivity index (χ4n) is 4.10. The third kappa shape index (κ3) is 3.02. The van der Waals surface area contributed by atoms with Crippen molar-refractivity contribution in [1.82, 2.24) is 0 Å². The number of ketones is 1. The maximum atomic E-state index is 12.5. The van der Waals surface area contributed by atoms with E-state index >= 15 is 0 Å². The van der Waals surface area contributed by atoms with Crippen LogP contribution in [0.3, 0.4) is 0 Å². The molecule has 0 bridgehead atoms. The molecular weight excluding hydrogens is 268 g/mol. The first-order chi connectivity index (χ1) is 10.2. The number of Topliss-reactive ketones (excluding diaryl/α,β-unsaturated/α-hetero) is 1. The lowest BCUT2D eigenvalue weighted by Gasteiger charge is -2.42. The zero-order valence-corrected chi connectivity index (χ0v) is 13.1. The molecule has 0 aromatic carbocycles. The van der Waals surface area contributed by atoms with Gasteiger partial charge in [0.15, 0.2) is 0 Å². The number of fused-ring (bicyclic) bond motifs is 1. The van der Waals surface area contributed by atoms with Crippen molar-refractivity contribution in [2.24, 2.45) is 5.92 Å². The second-order valence-electron chi connectivity index (χ2n) is 6.47. The van der Waals surface area contributed by atoms with E-state index in [0.717, 1.165) is 37.9 Å². The molecular formula is C17H26O4. The molecule has 0 N–H and O–H groups in total. The van der Waals surface area contributed by atoms with E-state index in [1.165, 1.54) is 18.4 Å². The summed E-state index contributed by atoms with van der Waals surface area (Å²) in [6.45, 7) is 0. The molecule has 2 fully saturated rings. The van der Waals surface area contributed by atoms with Crippen molar-refractivity contribution in [3.8, 4) is 0 Å². The lowest BCUT2D eigenvalue weighted by molar-refractivity contribution is -0.153. The Bertz CT molecular complexity index is 429. The number of allylic oxidation sites excluding steroid dienone is 1. The highest BCUT2D eigenvalue weighted by Gasteiger charge is 2.43. The Labute approximate surface area is 126 Å². The van der Waals surface area contributed by atoms with Gasteiger partial charge in [-0.15, -0.1) is 0 Å². The third-order valence-corrected chi connectivity index (χ3v) is 5.31. The quantitative estimate of drug-likeness (QED) is 0.802. The van der Waals surface area contributed by atoms with Crippen LogP contribution >= 0.6 is 0 Å². The molecule has 4 heteroatoms. The summed E-state index contributed by atoms with van der Waals surface area (Å²) in [4.78, 5) is 12.5. The van der Waals surface area contributed by atoms with Gasteiger partial charge in [0.1, 0.15) is 5.78 Å². The fourth-order valence-corrected chi connectivity index (χ4v) is 4.10. The SMILES string of the molecule is COC1=C(C2CC(=O)C3CCC(OC)CC3O2)CCCC1. The maximum absolute atomic E-state index is 12.5. The van der Waals surface area contributed by atoms with Crippen LogP contribution in [0.5, 0.6) is 0 Å². The van der Waals surface area contributed by atoms with E-state index < -0.39 is 0 Å². The highest BCUT2D eigenvalue weighted by atomic mass is 16.5. The van der Waals surface area contributed by atoms with Crippen molar-refractivity contribution in [2.75, 3.05) is 14.2 Å². The molecule has 4 unspecified atom stereocenters. The zero-order valence-electron chi connectivity index (χ0n) is 13.1. The number of carbonyl (C=O) groups excluding carboxylic acids is 1. The van der Waals surface area contributed by atoms with E-state index in [0.29, 0.717) is 12.2 Å². The van der Waals surface area contributed by atoms with Gasteiger partial charge >= 0.3 is 0 Å². The highest BCUT2D eigenvalue weighted by Crippen LogP contribution is 2.39. The van der Waals surface area contributed by atoms with Crippen LogP contribution in [0.4, 0.5) is 0 Å². The Balaban J connectivity index is 1.76. The van der Waals surface area contributed by atoms with E-state index in [1.807, 2.05) is 0 Å². The Morgan fingerprint density at radius 3 is 2.71 bits per heavy atom. The normalized spacial score (nSPS) is 37.3. The van der Waals surface area contributed by atoms with Gasteiger partial charge in [0.25, 0.3) is 0 Å². The van der Waals surface area contributed by atoms with Crippen LogP contribution in [0.1, 0.15) is 51.4 Å². The summed E-state index contributed by atoms with van der Waals surface area (Å²) < 4.78 is 17.3. The molecule has 21 heavy (non-hydrogen) atoms. The maximum Gasteiger partial charge on any atom is 0.141 e. The standard InChI is InChI=1S/C17H26O4/c1-19-11-7-8-12-14(18)10-17(21-16(12)9-11)13-5-3-4-6-15(13)20-2/h11-12,16-17H,3-10H2,1-2H3. The smallest absolute Gasteiger partial charge is 0.141 e. The summed E-state index contributed by atoms with van der Waals surface area (Å²) in [7, 11) is 3.48. The zero-order chi connectivity index (χ0) is 14.8. The van der Waals surface area contributed by atoms with Gasteiger partial charge in [0, 0.05) is 32.3 Å². The van der Waals surface area contributed by atoms with Gasteiger partial charge in [-0.1, -0.05) is 0 Å². The van der Waals surface area contributed by atoms with E-state index in [1.54, 1.807) is 14.2 Å². The summed E-state index contributed by atoms with van der Waals surface area (Å²) in [6.07, 6.45) is 7.79. The van der Waals surface area contributed by atoms with Gasteiger partial charge in [0.2, 0.25) is 0 Å². The number of carbonyl (C=O) groups is 1. The monoisotopic (exact) mass is 294 g/mol. The Morgan fingerprint density at radius 2 is 1.95 bits per heavy atom. The molecule has 2 aliphatic carbocycles. The third-order valence-electron chi connectivity index (χ3n) is 5.31. The number of ether oxygens (including phenoxy) is 3. The largest absolute Gasteiger partial charge is 0.501 e. The highest BCUT2D eigenvalue weighted by molar-refractivity contribution is 5.83. The van der Waals surface area contributed by atoms with E-state index in [9.17, 15) is 4.79 Å². The second kappa shape index (κ2) is 6.49. The van der Waals surface area contributed by atoms with E-state index in [4.69, 9.17) is 14.2 Å². The summed E-state index contributed by atoms with van der Waals surface area (Å²) >= 11 is 0. The molecule has 0 radical (unpaired) electrons. The average molecular weight is 294 g/mol. The van der Waals surface area contributed by atoms with Crippen molar-refractivity contribution in [2.45, 2.75) is 69.7 Å². The van der Waals surface area contributed by atoms with Crippen LogP contribution in [-0.2, 0) is 19.0 Å². The van der Waals surface area contributed by atoms with E-state index in [2.05, 4.69) is 0 Å². The number of hydrogen-bond acceptors (Lipinski definition) is 4. The Morgan fingerprint density at radius 1 is 1.14 bits per heavy atom. The van der Waals surface area contributed by atoms with Crippen molar-refractivity contribution < 1.29 is 19.0 Å². The average Bonchev–Trinajstić information content (AvgIpc) is 2.54. The first kappa shape index (κ1) is 15.0. The molecule has 1 saturated heterocycles. The minimum absolute atomic E-state index is 0.0301. The molecule has 0 aromatic heterocycles. The van der Waals surface area contributed by atoms with Gasteiger partial charge in [-0.05, 0) is 37.7 Å². The molecule has 1 saturated carbocycles. The molecule has 4 atom stereocenters. The van der Waals surface area contributed by atoms with Gasteiger partial charge < -0.3 is 14.2 Å². The molecule has 0 aromatic rings. The van der Waals surface area contributed by atoms with Gasteiger partial charge in [0.05, 0.1) is 31.2 Å². The first-order valence-corrected chi connectivity index (χ1v) is 8.19. The summed E-state index contributed by atoms with van der Waals surface area (Å²) in [5, 5.41) is 0. The molecule has 0 amide bonds. The minimum atomic E-state index is -0.0652. The molecule has 1 aliphatic heterocycles. The summed E-state index contributed by atoms with van der Waals surface area (Å²) in [5.74, 6) is 1.51. The minimum Gasteiger partial charge on any atom is -0.501 e. The number of rotatable bonds is 3. The van der Waals surface area contributed by atoms with Gasteiger partial charge in [-0.3, -0.25) is 4.79 Å². The van der Waals surface area contributed by atoms with Crippen LogP contribution < -0.4 is 0 Å². The molecule has 0 spiro atoms. The predicted molar refractivity (Wildman–Crippen MR) is 78.9 cm³/mol. The van der Waals surface area contributed by atoms with Crippen LogP contribution in [0.2, 0.25) is 0 Å². The Hall–Kier alpha value is -0.870. The van der Waals surface area contributed by atoms with Crippen molar-refractivity contribution in [3.63, 3.8) is 0 Å². The van der Waals surface area contributed by atoms with Gasteiger partial charge in [-0.2, -0.15) is 0 Å². The first-order valence-electron chi connectivity index (χ1n) is 8.19. The molecule has 3 aliphatic rings. The van der Waals surface area contributed by atoms with Crippen LogP contribution in [-0.4, -0.2) is 38.3 Å². The molecule has 118 valence electrons. The predicted octanol–water partition coefficient (Wildman–Crippen LogP) is 3.00. The van der Waals surface area contributed by atoms with Crippen LogP contribution in [0.25, 0.3) is 0 Å². The van der Waals surface area contributed by atoms with Gasteiger partial charge in [-0.25, -0.2) is 0 Å². The van der Waals surface area contributed by atoms with Crippen LogP contribution in [0, 0.1) is 5.92 Å². The number of methoxy groups -OCH3 is 2. The summed E-state index contributed by atoms with van der Waals surface area (Å²) in [6, 6.07) is 0. The second-order valence-corrected chi connectivity index (χ2v) is 6.47. The summed E-state index contributed by atoms with van der Waals surface area (Å²) in [5.41, 5.74) is 1.23. The van der Waals surface area contributed by atoms with Crippen molar-refractivity contribution >= 4 is 5.78 Å². The topological polar surface area (TPSA) is 44.8 Å². The van der Waals surface area contributed by atoms with Crippen molar-refractivity contribution in [1.29, 1.82) is 0 Å². The lowest BCUT2D eigenvalue weighted by atomic mass is 9.77. The van der Waals surface area contributed by atoms with E-state index in [-0.39, 0.29) is 24.2 Å². The Kier molecular flexibility index (Phi) is 4.65. The lowest BCUT2D eigenvalue weighted by Crippen LogP contribution is -2.47. The van der Waals surface area contributed by atoms with Crippen molar-refractivity contribution in [3.05, 3.63) is 11.3 Å².